The van der Waals surface area contributed by atoms with Crippen molar-refractivity contribution in [2.45, 2.75) is 6.92 Å². The molecule has 1 fully saturated rings. The fourth-order valence-corrected chi connectivity index (χ4v) is 4.06. The molecule has 4 aromatic rings. The van der Waals surface area contributed by atoms with Crippen molar-refractivity contribution >= 4 is 17.9 Å². The fraction of sp³-hybridized carbons (Fsp3) is 0.185. The molecule has 0 spiro atoms. The lowest BCUT2D eigenvalue weighted by Gasteiger charge is -2.33. The van der Waals surface area contributed by atoms with Gasteiger partial charge in [0.15, 0.2) is 0 Å². The summed E-state index contributed by atoms with van der Waals surface area (Å²) in [5.74, 6) is -0.0702. The first kappa shape index (κ1) is 22.3. The highest BCUT2D eigenvalue weighted by molar-refractivity contribution is 5.94. The minimum atomic E-state index is -0.200. The van der Waals surface area contributed by atoms with Gasteiger partial charge >= 0.3 is 0 Å². The van der Waals surface area contributed by atoms with E-state index < -0.39 is 0 Å². The van der Waals surface area contributed by atoms with Gasteiger partial charge in [-0.15, -0.1) is 0 Å². The number of carbonyl (C=O) groups excluding carboxylic acids is 2. The van der Waals surface area contributed by atoms with Crippen LogP contribution >= 0.6 is 0 Å². The molecule has 1 aliphatic rings. The first-order valence-electron chi connectivity index (χ1n) is 11.5. The number of aromatic nitrogens is 3. The van der Waals surface area contributed by atoms with Crippen LogP contribution in [0.4, 0.5) is 0 Å². The monoisotopic (exact) mass is 467 g/mol. The van der Waals surface area contributed by atoms with E-state index in [2.05, 4.69) is 5.16 Å². The number of rotatable bonds is 5. The second-order valence-corrected chi connectivity index (χ2v) is 8.36. The largest absolute Gasteiger partial charge is 0.351 e. The molecular weight excluding hydrogens is 442 g/mol. The molecule has 8 heteroatoms. The Morgan fingerprint density at radius 3 is 2.23 bits per heavy atom. The van der Waals surface area contributed by atoms with Crippen molar-refractivity contribution in [1.82, 2.24) is 24.7 Å². The summed E-state index contributed by atoms with van der Waals surface area (Å²) >= 11 is 0. The minimum Gasteiger partial charge on any atom is -0.351 e. The van der Waals surface area contributed by atoms with Crippen LogP contribution in [0.2, 0.25) is 0 Å². The van der Waals surface area contributed by atoms with Gasteiger partial charge in [0, 0.05) is 55.6 Å². The molecule has 8 nitrogen and oxygen atoms in total. The van der Waals surface area contributed by atoms with Crippen LogP contribution in [0.15, 0.2) is 83.5 Å². The highest BCUT2D eigenvalue weighted by Gasteiger charge is 2.26. The van der Waals surface area contributed by atoms with Crippen LogP contribution < -0.4 is 0 Å². The molecule has 2 aromatic carbocycles. The van der Waals surface area contributed by atoms with Gasteiger partial charge in [-0.05, 0) is 25.1 Å². The van der Waals surface area contributed by atoms with Crippen LogP contribution in [-0.4, -0.2) is 62.7 Å². The Hall–Kier alpha value is -4.46. The molecular formula is C27H25N5O3. The van der Waals surface area contributed by atoms with E-state index in [-0.39, 0.29) is 17.6 Å². The van der Waals surface area contributed by atoms with Crippen LogP contribution in [0, 0.1) is 6.92 Å². The Kier molecular flexibility index (Phi) is 6.26. The van der Waals surface area contributed by atoms with Gasteiger partial charge in [0.05, 0.1) is 17.1 Å². The van der Waals surface area contributed by atoms with Crippen molar-refractivity contribution < 1.29 is 14.1 Å². The van der Waals surface area contributed by atoms with Crippen molar-refractivity contribution in [2.24, 2.45) is 0 Å². The number of hydrogen-bond acceptors (Lipinski definition) is 5. The van der Waals surface area contributed by atoms with Gasteiger partial charge in [0.25, 0.3) is 5.91 Å². The summed E-state index contributed by atoms with van der Waals surface area (Å²) in [6, 6.07) is 21.4. The van der Waals surface area contributed by atoms with Crippen LogP contribution in [0.1, 0.15) is 21.8 Å². The quantitative estimate of drug-likeness (QED) is 0.417. The van der Waals surface area contributed by atoms with E-state index in [9.17, 15) is 9.59 Å². The molecule has 5 rings (SSSR count). The minimum absolute atomic E-state index is 0.0981. The SMILES string of the molecule is Cc1cc(C(=O)N2CCN(C(=O)/C=C/c3cn(-c4ccccc4)nc3-c3ccccc3)CC2)on1. The van der Waals surface area contributed by atoms with Gasteiger partial charge in [-0.1, -0.05) is 53.7 Å². The molecule has 0 bridgehead atoms. The Bertz CT molecular complexity index is 1350. The van der Waals surface area contributed by atoms with Crippen LogP contribution in [0.5, 0.6) is 0 Å². The Balaban J connectivity index is 1.30. The van der Waals surface area contributed by atoms with Gasteiger partial charge in [-0.25, -0.2) is 4.68 Å². The number of para-hydroxylation sites is 1. The van der Waals surface area contributed by atoms with E-state index in [1.165, 1.54) is 0 Å². The van der Waals surface area contributed by atoms with Gasteiger partial charge in [0.1, 0.15) is 0 Å². The maximum absolute atomic E-state index is 12.9. The summed E-state index contributed by atoms with van der Waals surface area (Å²) in [4.78, 5) is 28.9. The number of benzene rings is 2. The third kappa shape index (κ3) is 4.91. The number of aryl methyl sites for hydroxylation is 1. The van der Waals surface area contributed by atoms with Gasteiger partial charge in [-0.2, -0.15) is 5.10 Å². The summed E-state index contributed by atoms with van der Waals surface area (Å²) < 4.78 is 6.90. The van der Waals surface area contributed by atoms with Gasteiger partial charge in [-0.3, -0.25) is 9.59 Å². The number of amides is 2. The van der Waals surface area contributed by atoms with Crippen LogP contribution in [0.25, 0.3) is 23.0 Å². The lowest BCUT2D eigenvalue weighted by atomic mass is 10.1. The average molecular weight is 468 g/mol. The maximum Gasteiger partial charge on any atom is 0.292 e. The zero-order valence-corrected chi connectivity index (χ0v) is 19.4. The third-order valence-electron chi connectivity index (χ3n) is 5.93. The van der Waals surface area contributed by atoms with E-state index >= 15 is 0 Å². The normalized spacial score (nSPS) is 14.0. The molecule has 2 aromatic heterocycles. The van der Waals surface area contributed by atoms with Gasteiger partial charge in [0.2, 0.25) is 11.7 Å². The smallest absolute Gasteiger partial charge is 0.292 e. The summed E-state index contributed by atoms with van der Waals surface area (Å²) in [5.41, 5.74) is 4.24. The molecule has 0 saturated carbocycles. The maximum atomic E-state index is 12.9. The van der Waals surface area contributed by atoms with Crippen molar-refractivity contribution in [3.63, 3.8) is 0 Å². The first-order valence-corrected chi connectivity index (χ1v) is 11.5. The first-order chi connectivity index (χ1) is 17.1. The molecule has 0 unspecified atom stereocenters. The number of piperazine rings is 1. The summed E-state index contributed by atoms with van der Waals surface area (Å²) in [5, 5.41) is 8.56. The highest BCUT2D eigenvalue weighted by atomic mass is 16.5. The van der Waals surface area contributed by atoms with Crippen LogP contribution in [0.3, 0.4) is 0 Å². The summed E-state index contributed by atoms with van der Waals surface area (Å²) in [7, 11) is 0. The molecule has 0 aliphatic carbocycles. The van der Waals surface area contributed by atoms with E-state index in [1.54, 1.807) is 28.9 Å². The molecule has 35 heavy (non-hydrogen) atoms. The predicted molar refractivity (Wildman–Crippen MR) is 132 cm³/mol. The molecule has 3 heterocycles. The van der Waals surface area contributed by atoms with E-state index in [1.807, 2.05) is 77.6 Å². The number of hydrogen-bond donors (Lipinski definition) is 0. The Labute approximate surface area is 203 Å². The summed E-state index contributed by atoms with van der Waals surface area (Å²) in [6.07, 6.45) is 5.32. The lowest BCUT2D eigenvalue weighted by Crippen LogP contribution is -2.50. The second kappa shape index (κ2) is 9.80. The average Bonchev–Trinajstić information content (AvgIpc) is 3.54. The second-order valence-electron chi connectivity index (χ2n) is 8.36. The fourth-order valence-electron chi connectivity index (χ4n) is 4.06. The molecule has 0 atom stereocenters. The molecule has 1 aliphatic heterocycles. The van der Waals surface area contributed by atoms with E-state index in [4.69, 9.17) is 9.62 Å². The molecule has 1 saturated heterocycles. The lowest BCUT2D eigenvalue weighted by molar-refractivity contribution is -0.127. The third-order valence-corrected chi connectivity index (χ3v) is 5.93. The number of nitrogens with zero attached hydrogens (tertiary/aromatic N) is 5. The number of carbonyl (C=O) groups is 2. The molecule has 0 radical (unpaired) electrons. The highest BCUT2D eigenvalue weighted by Crippen LogP contribution is 2.25. The zero-order chi connectivity index (χ0) is 24.2. The predicted octanol–water partition coefficient (Wildman–Crippen LogP) is 3.83. The zero-order valence-electron chi connectivity index (χ0n) is 19.4. The topological polar surface area (TPSA) is 84.5 Å². The molecule has 0 N–H and O–H groups in total. The van der Waals surface area contributed by atoms with E-state index in [0.29, 0.717) is 31.9 Å². The van der Waals surface area contributed by atoms with Crippen molar-refractivity contribution in [2.75, 3.05) is 26.2 Å². The van der Waals surface area contributed by atoms with Crippen molar-refractivity contribution in [1.29, 1.82) is 0 Å². The van der Waals surface area contributed by atoms with Crippen LogP contribution in [-0.2, 0) is 4.79 Å². The Morgan fingerprint density at radius 2 is 1.57 bits per heavy atom. The van der Waals surface area contributed by atoms with Gasteiger partial charge < -0.3 is 14.3 Å². The van der Waals surface area contributed by atoms with Crippen molar-refractivity contribution in [3.8, 4) is 16.9 Å². The molecule has 176 valence electrons. The standard InChI is InChI=1S/C27H25N5O3/c1-20-18-24(35-29-20)27(34)31-16-14-30(15-17-31)25(33)13-12-22-19-32(23-10-6-3-7-11-23)28-26(22)21-8-4-2-5-9-21/h2-13,18-19H,14-17H2,1H3/b13-12+. The van der Waals surface area contributed by atoms with Crippen molar-refractivity contribution in [3.05, 3.63) is 96.0 Å². The molecule has 2 amide bonds. The van der Waals surface area contributed by atoms with E-state index in [0.717, 1.165) is 22.5 Å². The Morgan fingerprint density at radius 1 is 0.914 bits per heavy atom. The summed E-state index contributed by atoms with van der Waals surface area (Å²) in [6.45, 7) is 3.57.